The molecule has 0 fully saturated rings. The molecule has 5 heterocycles. The fourth-order valence-electron chi connectivity index (χ4n) is 6.59. The fourth-order valence-corrected chi connectivity index (χ4v) is 6.59. The monoisotopic (exact) mass is 1450 g/mol. The van der Waals surface area contributed by atoms with Gasteiger partial charge in [-0.1, -0.05) is 66.1 Å². The number of benzene rings is 3. The molecule has 0 bridgehead atoms. The lowest BCUT2D eigenvalue weighted by Gasteiger charge is -2.12. The van der Waals surface area contributed by atoms with Gasteiger partial charge in [0.15, 0.2) is 34.3 Å². The van der Waals surface area contributed by atoms with E-state index in [1.54, 1.807) is 66.9 Å². The Kier molecular flexibility index (Phi) is 43.8. The number of nitriles is 2. The molecule has 0 atom stereocenters. The van der Waals surface area contributed by atoms with Crippen LogP contribution in [0.3, 0.4) is 0 Å². The molecule has 3 aromatic carbocycles. The van der Waals surface area contributed by atoms with Gasteiger partial charge in [0.1, 0.15) is 46.7 Å². The number of amides is 3. The minimum absolute atomic E-state index is 0. The van der Waals surface area contributed by atoms with Crippen LogP contribution in [-0.4, -0.2) is 149 Å². The van der Waals surface area contributed by atoms with Crippen LogP contribution >= 0.6 is 0 Å². The van der Waals surface area contributed by atoms with Gasteiger partial charge >= 0.3 is 37.0 Å². The lowest BCUT2D eigenvalue weighted by atomic mass is 10.2. The number of carbonyl (C=O) groups is 6. The van der Waals surface area contributed by atoms with E-state index in [2.05, 4.69) is 70.4 Å². The Morgan fingerprint density at radius 3 is 1.24 bits per heavy atom. The molecule has 0 aliphatic carbocycles. The van der Waals surface area contributed by atoms with Gasteiger partial charge in [-0.05, 0) is 84.9 Å². The van der Waals surface area contributed by atoms with Crippen LogP contribution in [0.2, 0.25) is 0 Å². The number of H-pyrrole nitrogens is 1. The molecule has 552 valence electrons. The first-order chi connectivity index (χ1) is 46.5. The van der Waals surface area contributed by atoms with Gasteiger partial charge in [0, 0.05) is 24.8 Å². The van der Waals surface area contributed by atoms with Crippen LogP contribution in [0.1, 0.15) is 98.1 Å². The van der Waals surface area contributed by atoms with Crippen molar-refractivity contribution in [2.75, 3.05) is 48.6 Å². The molecule has 39 heteroatoms. The summed E-state index contributed by atoms with van der Waals surface area (Å²) < 4.78 is 144. The van der Waals surface area contributed by atoms with Gasteiger partial charge in [-0.25, -0.2) is 45.1 Å². The second-order valence-electron chi connectivity index (χ2n) is 16.9. The number of nitrogens with zero attached hydrogens (tertiary/aromatic N) is 8. The SMILES string of the molecule is C.C.C.C.COC(=O)c1ncccc1OC.COc1cccnc1-c1n[nH]c(CNC(=O)c2ccccc2OC(F)(F)F)n1.COc1cccnc1C(=O)NN.COc1cccnc1C(=O)O.N#CCN.N#CCNC(=O)c1ccccc1OC(F)(F)F.O=C(O)c1ccccc1OC(F)(F)F. The average molecular weight is 1450 g/mol. The van der Waals surface area contributed by atoms with Gasteiger partial charge < -0.3 is 64.5 Å². The van der Waals surface area contributed by atoms with Gasteiger partial charge in [0.2, 0.25) is 5.82 Å². The number of ether oxygens (including phenoxy) is 8. The normalized spacial score (nSPS) is 9.67. The summed E-state index contributed by atoms with van der Waals surface area (Å²) in [7, 11) is 7.13. The van der Waals surface area contributed by atoms with E-state index in [4.69, 9.17) is 45.5 Å². The maximum atomic E-state index is 12.5. The third-order valence-corrected chi connectivity index (χ3v) is 10.5. The number of pyridine rings is 4. The van der Waals surface area contributed by atoms with Crippen molar-refractivity contribution < 1.29 is 116 Å². The van der Waals surface area contributed by atoms with Gasteiger partial charge in [-0.15, -0.1) is 39.5 Å². The molecular formula is C63H71F9N14O16. The van der Waals surface area contributed by atoms with E-state index < -0.39 is 77.5 Å². The first-order valence-corrected chi connectivity index (χ1v) is 26.4. The third-order valence-electron chi connectivity index (χ3n) is 10.5. The first-order valence-electron chi connectivity index (χ1n) is 26.4. The van der Waals surface area contributed by atoms with E-state index >= 15 is 0 Å². The molecule has 30 nitrogen and oxygen atoms in total. The zero-order valence-corrected chi connectivity index (χ0v) is 51.2. The number of esters is 1. The zero-order valence-electron chi connectivity index (χ0n) is 51.2. The molecule has 0 radical (unpaired) electrons. The molecule has 3 amide bonds. The summed E-state index contributed by atoms with van der Waals surface area (Å²) in [6.45, 7) is -0.263. The predicted octanol–water partition coefficient (Wildman–Crippen LogP) is 10.2. The molecule has 0 aliphatic heterocycles. The van der Waals surface area contributed by atoms with Crippen molar-refractivity contribution in [2.24, 2.45) is 11.6 Å². The number of halogens is 9. The number of alkyl halides is 9. The summed E-state index contributed by atoms with van der Waals surface area (Å²) in [5.41, 5.74) is 6.31. The van der Waals surface area contributed by atoms with Crippen molar-refractivity contribution in [1.82, 2.24) is 51.2 Å². The van der Waals surface area contributed by atoms with Crippen molar-refractivity contribution in [2.45, 2.75) is 55.3 Å². The van der Waals surface area contributed by atoms with Crippen molar-refractivity contribution >= 4 is 35.6 Å². The largest absolute Gasteiger partial charge is 0.573 e. The Balaban J connectivity index is -0.00000117. The Morgan fingerprint density at radius 1 is 0.490 bits per heavy atom. The number of hydrogen-bond acceptors (Lipinski definition) is 24. The standard InChI is InChI=1S/C17H14F3N5O3.C10H7F3N2O2.C8H5F3O3.C8H9NO3.C7H9N3O2.C7H7NO3.C2H4N2.4CH4/c1-27-12-7-4-8-21-14(12)15-23-13(24-25-15)9-22-16(26)10-5-2-3-6-11(10)28-17(18,19)20;11-10(12,13)17-8-4-2-1-3-7(8)9(16)15-6-5-14;9-8(10,11)14-6-4-2-1-3-5(6)7(12)13;1-11-6-4-3-5-9-7(6)8(10)12-2;1-12-5-3-2-4-9-6(5)7(11)10-8;1-11-5-3-2-4-8-6(5)7(9)10;3-1-2-4;;;;/h2-8H,9H2,1H3,(H,22,26)(H,23,24,25);1-4H,6H2,(H,15,16);1-4H,(H,12,13);3-5H,1-2H3;2-4H,8H2,1H3,(H,10,11);2-4H,1H3,(H,9,10);1,3H2;4*1H4. The molecule has 0 unspecified atom stereocenters. The zero-order chi connectivity index (χ0) is 73.4. The predicted molar refractivity (Wildman–Crippen MR) is 346 cm³/mol. The maximum absolute atomic E-state index is 12.5. The number of aromatic nitrogens is 7. The number of para-hydroxylation sites is 3. The van der Waals surface area contributed by atoms with Gasteiger partial charge in [0.25, 0.3) is 17.7 Å². The van der Waals surface area contributed by atoms with E-state index in [0.717, 1.165) is 24.3 Å². The lowest BCUT2D eigenvalue weighted by Crippen LogP contribution is -2.31. The summed E-state index contributed by atoms with van der Waals surface area (Å²) in [6.07, 6.45) is -8.70. The summed E-state index contributed by atoms with van der Waals surface area (Å²) >= 11 is 0. The summed E-state index contributed by atoms with van der Waals surface area (Å²) in [6, 6.07) is 31.0. The number of hydrogen-bond donors (Lipinski definition) is 8. The molecular weight excluding hydrogens is 1380 g/mol. The quantitative estimate of drug-likeness (QED) is 0.0105. The molecule has 0 saturated carbocycles. The number of nitrogens with one attached hydrogen (secondary N) is 4. The number of aromatic amines is 1. The lowest BCUT2D eigenvalue weighted by molar-refractivity contribution is -0.275. The van der Waals surface area contributed by atoms with Crippen molar-refractivity contribution in [3.8, 4) is 63.9 Å². The Morgan fingerprint density at radius 2 is 0.853 bits per heavy atom. The fraction of sp³-hybridized carbons (Fsp3) is 0.238. The van der Waals surface area contributed by atoms with Crippen molar-refractivity contribution in [3.05, 3.63) is 186 Å². The topological polar surface area (TPSA) is 446 Å². The van der Waals surface area contributed by atoms with Crippen LogP contribution in [0, 0.1) is 22.7 Å². The molecule has 5 aromatic heterocycles. The van der Waals surface area contributed by atoms with Crippen LogP contribution in [0.15, 0.2) is 146 Å². The van der Waals surface area contributed by atoms with Gasteiger partial charge in [0.05, 0.1) is 71.9 Å². The minimum atomic E-state index is -4.90. The Labute approximate surface area is 577 Å². The van der Waals surface area contributed by atoms with E-state index in [9.17, 15) is 68.3 Å². The molecule has 10 N–H and O–H groups in total. The van der Waals surface area contributed by atoms with Crippen LogP contribution in [0.4, 0.5) is 39.5 Å². The van der Waals surface area contributed by atoms with Gasteiger partial charge in [-0.2, -0.15) is 15.6 Å². The third kappa shape index (κ3) is 33.8. The molecule has 0 saturated heterocycles. The van der Waals surface area contributed by atoms with Crippen LogP contribution in [0.5, 0.6) is 40.2 Å². The number of hydrazine groups is 1. The number of carboxylic acid groups (broad SMARTS) is 2. The average Bonchev–Trinajstić information content (AvgIpc) is 1.85. The van der Waals surface area contributed by atoms with E-state index in [1.165, 1.54) is 103 Å². The second-order valence-corrected chi connectivity index (χ2v) is 16.9. The molecule has 8 aromatic rings. The highest BCUT2D eigenvalue weighted by Gasteiger charge is 2.35. The van der Waals surface area contributed by atoms with Crippen molar-refractivity contribution in [1.29, 1.82) is 10.5 Å². The summed E-state index contributed by atoms with van der Waals surface area (Å²) in [5.74, 6) is 0.0637. The Hall–Kier alpha value is -12.9. The Bertz CT molecular complexity index is 3910. The molecule has 102 heavy (non-hydrogen) atoms. The number of nitrogens with two attached hydrogens (primary N) is 2. The number of nitrogen functional groups attached to an aromatic ring is 1. The van der Waals surface area contributed by atoms with E-state index in [1.807, 2.05) is 5.43 Å². The van der Waals surface area contributed by atoms with Gasteiger partial charge in [-0.3, -0.25) is 24.9 Å². The van der Waals surface area contributed by atoms with Crippen molar-refractivity contribution in [3.63, 3.8) is 0 Å². The number of aromatic carboxylic acids is 2. The van der Waals surface area contributed by atoms with Crippen LogP contribution in [0.25, 0.3) is 11.5 Å². The highest BCUT2D eigenvalue weighted by Crippen LogP contribution is 2.29. The molecule has 8 rings (SSSR count). The number of carbonyl (C=O) groups excluding carboxylic acids is 4. The van der Waals surface area contributed by atoms with E-state index in [-0.39, 0.29) is 94.9 Å². The number of carboxylic acids is 2. The maximum Gasteiger partial charge on any atom is 0.573 e. The first kappa shape index (κ1) is 93.3. The van der Waals surface area contributed by atoms with Crippen LogP contribution in [-0.2, 0) is 11.3 Å². The summed E-state index contributed by atoms with van der Waals surface area (Å²) in [5, 5.41) is 44.0. The highest BCUT2D eigenvalue weighted by molar-refractivity contribution is 5.98. The second kappa shape index (κ2) is 47.9. The van der Waals surface area contributed by atoms with E-state index in [0.29, 0.717) is 22.9 Å². The number of methoxy groups -OCH3 is 5. The summed E-state index contributed by atoms with van der Waals surface area (Å²) in [4.78, 5) is 86.2. The minimum Gasteiger partial charge on any atom is -0.494 e. The molecule has 0 spiro atoms. The molecule has 0 aliphatic rings. The van der Waals surface area contributed by atoms with Crippen LogP contribution < -0.4 is 60.8 Å². The highest BCUT2D eigenvalue weighted by atomic mass is 19.4. The smallest absolute Gasteiger partial charge is 0.494 e. The number of rotatable bonds is 17.